The first-order valence-electron chi connectivity index (χ1n) is 6.67. The van der Waals surface area contributed by atoms with Crippen LogP contribution in [-0.4, -0.2) is 16.7 Å². The Morgan fingerprint density at radius 3 is 2.75 bits per heavy atom. The van der Waals surface area contributed by atoms with Gasteiger partial charge >= 0.3 is 0 Å². The number of ether oxygens (including phenoxy) is 1. The summed E-state index contributed by atoms with van der Waals surface area (Å²) in [5.74, 6) is -0.0427. The highest BCUT2D eigenvalue weighted by molar-refractivity contribution is 6.39. The molecule has 2 rings (SSSR count). The highest BCUT2D eigenvalue weighted by Crippen LogP contribution is 2.36. The molecule has 3 nitrogen and oxygen atoms in total. The minimum atomic E-state index is -0.0427. The van der Waals surface area contributed by atoms with E-state index in [0.29, 0.717) is 22.5 Å². The summed E-state index contributed by atoms with van der Waals surface area (Å²) >= 11 is 12.0. The van der Waals surface area contributed by atoms with Gasteiger partial charge in [0.2, 0.25) is 0 Å². The minimum Gasteiger partial charge on any atom is -0.504 e. The van der Waals surface area contributed by atoms with E-state index in [1.807, 2.05) is 12.1 Å². The SMILES string of the molecule is CCCCCOCc1ccc2c(Cl)cc(Cl)c(O)c2n1. The maximum atomic E-state index is 9.95. The molecule has 0 bridgehead atoms. The highest BCUT2D eigenvalue weighted by atomic mass is 35.5. The molecule has 1 N–H and O–H groups in total. The Balaban J connectivity index is 2.14. The number of phenols is 1. The van der Waals surface area contributed by atoms with E-state index >= 15 is 0 Å². The molecule has 1 aromatic carbocycles. The second kappa shape index (κ2) is 7.11. The Kier molecular flexibility index (Phi) is 5.46. The number of aromatic nitrogens is 1. The van der Waals surface area contributed by atoms with Crippen molar-refractivity contribution < 1.29 is 9.84 Å². The van der Waals surface area contributed by atoms with E-state index in [4.69, 9.17) is 27.9 Å². The van der Waals surface area contributed by atoms with Crippen molar-refractivity contribution in [2.24, 2.45) is 0 Å². The maximum absolute atomic E-state index is 9.95. The number of phenolic OH excluding ortho intramolecular Hbond substituents is 1. The van der Waals surface area contributed by atoms with Crippen molar-refractivity contribution in [1.29, 1.82) is 0 Å². The van der Waals surface area contributed by atoms with Gasteiger partial charge in [-0.05, 0) is 24.6 Å². The van der Waals surface area contributed by atoms with E-state index in [2.05, 4.69) is 11.9 Å². The number of hydrogen-bond acceptors (Lipinski definition) is 3. The van der Waals surface area contributed by atoms with Gasteiger partial charge in [-0.2, -0.15) is 0 Å². The van der Waals surface area contributed by atoms with Gasteiger partial charge in [0.25, 0.3) is 0 Å². The monoisotopic (exact) mass is 313 g/mol. The zero-order valence-corrected chi connectivity index (χ0v) is 12.8. The van der Waals surface area contributed by atoms with Gasteiger partial charge in [0.15, 0.2) is 5.75 Å². The Bertz CT molecular complexity index is 602. The van der Waals surface area contributed by atoms with Crippen molar-refractivity contribution in [3.05, 3.63) is 33.9 Å². The van der Waals surface area contributed by atoms with Crippen LogP contribution >= 0.6 is 23.2 Å². The average molecular weight is 314 g/mol. The third kappa shape index (κ3) is 3.54. The predicted octanol–water partition coefficient (Wildman–Crippen LogP) is 4.95. The second-order valence-electron chi connectivity index (χ2n) is 4.65. The Hall–Kier alpha value is -1.03. The van der Waals surface area contributed by atoms with Gasteiger partial charge in [0.05, 0.1) is 22.3 Å². The number of hydrogen-bond donors (Lipinski definition) is 1. The van der Waals surface area contributed by atoms with Gasteiger partial charge in [-0.1, -0.05) is 43.0 Å². The van der Waals surface area contributed by atoms with E-state index in [-0.39, 0.29) is 10.8 Å². The van der Waals surface area contributed by atoms with Gasteiger partial charge < -0.3 is 9.84 Å². The third-order valence-corrected chi connectivity index (χ3v) is 3.66. The largest absolute Gasteiger partial charge is 0.504 e. The lowest BCUT2D eigenvalue weighted by Gasteiger charge is -2.08. The molecule has 5 heteroatoms. The molecule has 0 aliphatic heterocycles. The molecule has 0 radical (unpaired) electrons. The van der Waals surface area contributed by atoms with E-state index in [9.17, 15) is 5.11 Å². The molecule has 0 amide bonds. The average Bonchev–Trinajstić information content (AvgIpc) is 2.44. The first-order chi connectivity index (χ1) is 9.63. The van der Waals surface area contributed by atoms with Crippen LogP contribution < -0.4 is 0 Å². The molecule has 0 fully saturated rings. The summed E-state index contributed by atoms with van der Waals surface area (Å²) in [5.41, 5.74) is 1.17. The molecule has 20 heavy (non-hydrogen) atoms. The molecule has 108 valence electrons. The number of benzene rings is 1. The second-order valence-corrected chi connectivity index (χ2v) is 5.46. The molecule has 0 aliphatic carbocycles. The fourth-order valence-corrected chi connectivity index (χ4v) is 2.47. The molecule has 0 saturated carbocycles. The Labute approximate surface area is 128 Å². The summed E-state index contributed by atoms with van der Waals surface area (Å²) in [4.78, 5) is 4.37. The normalized spacial score (nSPS) is 11.2. The van der Waals surface area contributed by atoms with Gasteiger partial charge in [0, 0.05) is 12.0 Å². The number of unbranched alkanes of at least 4 members (excludes halogenated alkanes) is 2. The first kappa shape index (κ1) is 15.4. The van der Waals surface area contributed by atoms with E-state index < -0.39 is 0 Å². The summed E-state index contributed by atoms with van der Waals surface area (Å²) in [7, 11) is 0. The van der Waals surface area contributed by atoms with Gasteiger partial charge in [-0.25, -0.2) is 4.98 Å². The lowest BCUT2D eigenvalue weighted by Crippen LogP contribution is -1.98. The smallest absolute Gasteiger partial charge is 0.160 e. The summed E-state index contributed by atoms with van der Waals surface area (Å²) in [6, 6.07) is 5.19. The lowest BCUT2D eigenvalue weighted by atomic mass is 10.2. The fourth-order valence-electron chi connectivity index (χ4n) is 1.95. The first-order valence-corrected chi connectivity index (χ1v) is 7.43. The highest BCUT2D eigenvalue weighted by Gasteiger charge is 2.11. The Morgan fingerprint density at radius 1 is 1.20 bits per heavy atom. The third-order valence-electron chi connectivity index (χ3n) is 3.06. The number of fused-ring (bicyclic) bond motifs is 1. The fraction of sp³-hybridized carbons (Fsp3) is 0.400. The Morgan fingerprint density at radius 2 is 2.00 bits per heavy atom. The van der Waals surface area contributed by atoms with E-state index in [1.54, 1.807) is 0 Å². The quantitative estimate of drug-likeness (QED) is 0.767. The zero-order valence-electron chi connectivity index (χ0n) is 11.3. The molecule has 0 aliphatic rings. The van der Waals surface area contributed by atoms with Gasteiger partial charge in [0.1, 0.15) is 5.52 Å². The molecule has 0 unspecified atom stereocenters. The van der Waals surface area contributed by atoms with Crippen molar-refractivity contribution in [2.75, 3.05) is 6.61 Å². The molecule has 0 spiro atoms. The topological polar surface area (TPSA) is 42.4 Å². The molecule has 0 saturated heterocycles. The summed E-state index contributed by atoms with van der Waals surface area (Å²) in [5, 5.41) is 11.3. The van der Waals surface area contributed by atoms with Crippen LogP contribution in [0.3, 0.4) is 0 Å². The molecular weight excluding hydrogens is 297 g/mol. The van der Waals surface area contributed by atoms with E-state index in [1.165, 1.54) is 12.5 Å². The molecule has 2 aromatic rings. The van der Waals surface area contributed by atoms with Crippen LogP contribution in [0, 0.1) is 0 Å². The van der Waals surface area contributed by atoms with Crippen molar-refractivity contribution in [3.8, 4) is 5.75 Å². The van der Waals surface area contributed by atoms with Crippen molar-refractivity contribution >= 4 is 34.1 Å². The van der Waals surface area contributed by atoms with Gasteiger partial charge in [-0.15, -0.1) is 0 Å². The molecule has 0 atom stereocenters. The molecule has 1 heterocycles. The van der Waals surface area contributed by atoms with Gasteiger partial charge in [-0.3, -0.25) is 0 Å². The summed E-state index contributed by atoms with van der Waals surface area (Å²) in [6.07, 6.45) is 3.38. The molecule has 1 aromatic heterocycles. The van der Waals surface area contributed by atoms with E-state index in [0.717, 1.165) is 25.1 Å². The molecular formula is C15H17Cl2NO2. The van der Waals surface area contributed by atoms with Crippen molar-refractivity contribution in [1.82, 2.24) is 4.98 Å². The number of halogens is 2. The van der Waals surface area contributed by atoms with Crippen LogP contribution in [0.5, 0.6) is 5.75 Å². The van der Waals surface area contributed by atoms with Crippen LogP contribution in [-0.2, 0) is 11.3 Å². The number of rotatable bonds is 6. The van der Waals surface area contributed by atoms with Crippen LogP contribution in [0.4, 0.5) is 0 Å². The summed E-state index contributed by atoms with van der Waals surface area (Å²) < 4.78 is 5.56. The van der Waals surface area contributed by atoms with Crippen LogP contribution in [0.15, 0.2) is 18.2 Å². The number of aromatic hydroxyl groups is 1. The number of pyridine rings is 1. The van der Waals surface area contributed by atoms with Crippen LogP contribution in [0.2, 0.25) is 10.0 Å². The lowest BCUT2D eigenvalue weighted by molar-refractivity contribution is 0.115. The van der Waals surface area contributed by atoms with Crippen molar-refractivity contribution in [3.63, 3.8) is 0 Å². The van der Waals surface area contributed by atoms with Crippen molar-refractivity contribution in [2.45, 2.75) is 32.8 Å². The van der Waals surface area contributed by atoms with Crippen LogP contribution in [0.1, 0.15) is 31.9 Å². The predicted molar refractivity (Wildman–Crippen MR) is 82.6 cm³/mol. The maximum Gasteiger partial charge on any atom is 0.160 e. The van der Waals surface area contributed by atoms with Crippen LogP contribution in [0.25, 0.3) is 10.9 Å². The number of nitrogens with zero attached hydrogens (tertiary/aromatic N) is 1. The minimum absolute atomic E-state index is 0.0427. The zero-order chi connectivity index (χ0) is 14.5. The standard InChI is InChI=1S/C15H17Cl2NO2/c1-2-3-4-7-20-9-10-5-6-11-12(16)8-13(17)15(19)14(11)18-10/h5-6,8,19H,2-4,7,9H2,1H3. The summed E-state index contributed by atoms with van der Waals surface area (Å²) in [6.45, 7) is 3.29.